The number of hydrogen-bond donors (Lipinski definition) is 1. The maximum Gasteiger partial charge on any atom is 0.244 e. The topological polar surface area (TPSA) is 75.7 Å². The average molecular weight is 423 g/mol. The number of benzene rings is 1. The van der Waals surface area contributed by atoms with Gasteiger partial charge in [0.15, 0.2) is 14.6 Å². The van der Waals surface area contributed by atoms with Crippen LogP contribution in [0, 0.1) is 0 Å². The molecule has 2 aliphatic rings. The molecule has 26 heavy (non-hydrogen) atoms. The Bertz CT molecular complexity index is 751. The Hall–Kier alpha value is -0.860. The van der Waals surface area contributed by atoms with Crippen molar-refractivity contribution in [3.8, 4) is 0 Å². The van der Waals surface area contributed by atoms with E-state index in [1.807, 2.05) is 18.2 Å². The molecule has 2 fully saturated rings. The third-order valence-electron chi connectivity index (χ3n) is 5.12. The lowest BCUT2D eigenvalue weighted by Gasteiger charge is -2.41. The number of carbonyl (C=O) groups is 1. The van der Waals surface area contributed by atoms with Crippen LogP contribution in [0.5, 0.6) is 0 Å². The van der Waals surface area contributed by atoms with Crippen molar-refractivity contribution in [2.75, 3.05) is 39.0 Å². The first-order valence-electron chi connectivity index (χ1n) is 8.41. The average Bonchev–Trinajstić information content (AvgIpc) is 2.61. The molecule has 2 aliphatic heterocycles. The zero-order valence-corrected chi connectivity index (χ0v) is 17.0. The Labute approximate surface area is 165 Å². The van der Waals surface area contributed by atoms with Gasteiger partial charge in [-0.15, -0.1) is 12.4 Å². The largest absolute Gasteiger partial charge is 0.370 e. The Morgan fingerprint density at radius 1 is 1.31 bits per heavy atom. The summed E-state index contributed by atoms with van der Waals surface area (Å²) in [5.74, 6) is -0.308. The molecular weight excluding hydrogens is 399 g/mol. The zero-order valence-electron chi connectivity index (χ0n) is 14.6. The second kappa shape index (κ2) is 8.44. The first-order valence-corrected chi connectivity index (χ1v) is 10.7. The quantitative estimate of drug-likeness (QED) is 0.803. The first kappa shape index (κ1) is 21.4. The molecule has 0 aliphatic carbocycles. The maximum absolute atomic E-state index is 13.2. The molecule has 2 saturated heterocycles. The minimum atomic E-state index is -3.52. The van der Waals surface area contributed by atoms with Gasteiger partial charge in [0.1, 0.15) is 6.10 Å². The standard InChI is InChI=1S/C17H23ClN2O4S.ClH/c1-25(22,23)17(6-8-19-9-7-17)16(21)20-10-11-24-15(12-20)13-4-2-3-5-14(13)18;/h2-5,15,19H,6-12H2,1H3;1H. The van der Waals surface area contributed by atoms with Gasteiger partial charge in [0.05, 0.1) is 13.2 Å². The molecule has 1 aromatic rings. The Morgan fingerprint density at radius 2 is 1.96 bits per heavy atom. The summed E-state index contributed by atoms with van der Waals surface area (Å²) in [6.07, 6.45) is 1.43. The van der Waals surface area contributed by atoms with E-state index in [-0.39, 0.29) is 24.4 Å². The van der Waals surface area contributed by atoms with Crippen LogP contribution in [0.4, 0.5) is 0 Å². The van der Waals surface area contributed by atoms with E-state index in [9.17, 15) is 13.2 Å². The molecule has 0 radical (unpaired) electrons. The highest BCUT2D eigenvalue weighted by atomic mass is 35.5. The molecule has 1 unspecified atom stereocenters. The smallest absolute Gasteiger partial charge is 0.244 e. The number of rotatable bonds is 3. The lowest BCUT2D eigenvalue weighted by molar-refractivity contribution is -0.142. The third-order valence-corrected chi connectivity index (χ3v) is 7.46. The van der Waals surface area contributed by atoms with Gasteiger partial charge < -0.3 is 15.0 Å². The van der Waals surface area contributed by atoms with E-state index < -0.39 is 14.6 Å². The lowest BCUT2D eigenvalue weighted by atomic mass is 9.94. The molecule has 146 valence electrons. The number of ether oxygens (including phenoxy) is 1. The molecule has 0 bridgehead atoms. The molecule has 6 nitrogen and oxygen atoms in total. The molecule has 0 saturated carbocycles. The van der Waals surface area contributed by atoms with E-state index in [1.165, 1.54) is 6.26 Å². The van der Waals surface area contributed by atoms with Crippen molar-refractivity contribution in [1.82, 2.24) is 10.2 Å². The predicted molar refractivity (Wildman–Crippen MR) is 104 cm³/mol. The van der Waals surface area contributed by atoms with Crippen molar-refractivity contribution < 1.29 is 17.9 Å². The fraction of sp³-hybridized carbons (Fsp3) is 0.588. The van der Waals surface area contributed by atoms with Crippen molar-refractivity contribution in [1.29, 1.82) is 0 Å². The normalized spacial score (nSPS) is 23.2. The summed E-state index contributed by atoms with van der Waals surface area (Å²) in [6, 6.07) is 7.37. The minimum absolute atomic E-state index is 0. The van der Waals surface area contributed by atoms with Gasteiger partial charge in [-0.1, -0.05) is 29.8 Å². The number of hydrogen-bond acceptors (Lipinski definition) is 5. The summed E-state index contributed by atoms with van der Waals surface area (Å²) in [5, 5.41) is 3.72. The van der Waals surface area contributed by atoms with Crippen LogP contribution < -0.4 is 5.32 Å². The Morgan fingerprint density at radius 3 is 2.58 bits per heavy atom. The summed E-state index contributed by atoms with van der Waals surface area (Å²) >= 11 is 6.25. The number of nitrogens with zero attached hydrogens (tertiary/aromatic N) is 1. The van der Waals surface area contributed by atoms with Crippen LogP contribution in [0.2, 0.25) is 5.02 Å². The number of amides is 1. The summed E-state index contributed by atoms with van der Waals surface area (Å²) in [5.41, 5.74) is 0.820. The summed E-state index contributed by atoms with van der Waals surface area (Å²) in [6.45, 7) is 2.12. The number of sulfone groups is 1. The van der Waals surface area contributed by atoms with Crippen molar-refractivity contribution in [3.63, 3.8) is 0 Å². The second-order valence-electron chi connectivity index (χ2n) is 6.65. The number of nitrogens with one attached hydrogen (secondary N) is 1. The minimum Gasteiger partial charge on any atom is -0.370 e. The van der Waals surface area contributed by atoms with Gasteiger partial charge in [-0.05, 0) is 32.0 Å². The third kappa shape index (κ3) is 4.02. The number of carbonyl (C=O) groups excluding carboxylic acids is 1. The lowest BCUT2D eigenvalue weighted by Crippen LogP contribution is -2.60. The summed E-state index contributed by atoms with van der Waals surface area (Å²) in [4.78, 5) is 14.8. The van der Waals surface area contributed by atoms with Crippen LogP contribution >= 0.6 is 24.0 Å². The SMILES string of the molecule is CS(=O)(=O)C1(C(=O)N2CCOC(c3ccccc3Cl)C2)CCNCC1.Cl. The maximum atomic E-state index is 13.2. The van der Waals surface area contributed by atoms with Crippen LogP contribution in [0.1, 0.15) is 24.5 Å². The highest BCUT2D eigenvalue weighted by Gasteiger charge is 2.51. The van der Waals surface area contributed by atoms with Crippen molar-refractivity contribution in [2.24, 2.45) is 0 Å². The van der Waals surface area contributed by atoms with E-state index in [2.05, 4.69) is 5.32 Å². The second-order valence-corrected chi connectivity index (χ2v) is 9.38. The van der Waals surface area contributed by atoms with Crippen molar-refractivity contribution in [2.45, 2.75) is 23.7 Å². The molecule has 1 atom stereocenters. The van der Waals surface area contributed by atoms with Crippen LogP contribution in [0.15, 0.2) is 24.3 Å². The van der Waals surface area contributed by atoms with Crippen LogP contribution in [0.3, 0.4) is 0 Å². The van der Waals surface area contributed by atoms with E-state index in [4.69, 9.17) is 16.3 Å². The van der Waals surface area contributed by atoms with Gasteiger partial charge in [-0.3, -0.25) is 4.79 Å². The Balaban J connectivity index is 0.00000243. The van der Waals surface area contributed by atoms with Crippen LogP contribution in [0.25, 0.3) is 0 Å². The molecule has 3 rings (SSSR count). The molecule has 1 amide bonds. The zero-order chi connectivity index (χ0) is 18.1. The van der Waals surface area contributed by atoms with E-state index in [0.717, 1.165) is 5.56 Å². The molecule has 1 N–H and O–H groups in total. The van der Waals surface area contributed by atoms with Crippen molar-refractivity contribution >= 4 is 39.8 Å². The number of halogens is 2. The summed E-state index contributed by atoms with van der Waals surface area (Å²) < 4.78 is 29.4. The first-order chi connectivity index (χ1) is 11.8. The van der Waals surface area contributed by atoms with Gasteiger partial charge in [0.2, 0.25) is 5.91 Å². The monoisotopic (exact) mass is 422 g/mol. The highest BCUT2D eigenvalue weighted by molar-refractivity contribution is 7.92. The van der Waals surface area contributed by atoms with E-state index in [0.29, 0.717) is 50.7 Å². The van der Waals surface area contributed by atoms with Gasteiger partial charge in [0, 0.05) is 23.4 Å². The summed E-state index contributed by atoms with van der Waals surface area (Å²) in [7, 11) is -3.52. The Kier molecular flexibility index (Phi) is 6.96. The molecule has 1 aromatic carbocycles. The fourth-order valence-electron chi connectivity index (χ4n) is 3.62. The molecule has 0 spiro atoms. The van der Waals surface area contributed by atoms with E-state index in [1.54, 1.807) is 11.0 Å². The van der Waals surface area contributed by atoms with Crippen LogP contribution in [-0.4, -0.2) is 63.0 Å². The van der Waals surface area contributed by atoms with Crippen LogP contribution in [-0.2, 0) is 19.4 Å². The molecule has 2 heterocycles. The fourth-order valence-corrected chi connectivity index (χ4v) is 5.27. The van der Waals surface area contributed by atoms with Gasteiger partial charge in [-0.2, -0.15) is 0 Å². The predicted octanol–water partition coefficient (Wildman–Crippen LogP) is 1.83. The molecule has 9 heteroatoms. The van der Waals surface area contributed by atoms with Crippen molar-refractivity contribution in [3.05, 3.63) is 34.9 Å². The number of piperidine rings is 1. The number of morpholine rings is 1. The highest BCUT2D eigenvalue weighted by Crippen LogP contribution is 2.33. The molecular formula is C17H24Cl2N2O4S. The van der Waals surface area contributed by atoms with E-state index >= 15 is 0 Å². The molecule has 0 aromatic heterocycles. The van der Waals surface area contributed by atoms with Gasteiger partial charge in [0.25, 0.3) is 0 Å². The van der Waals surface area contributed by atoms with Gasteiger partial charge in [-0.25, -0.2) is 8.42 Å². The van der Waals surface area contributed by atoms with Gasteiger partial charge >= 0.3 is 0 Å².